The molecule has 0 radical (unpaired) electrons. The van der Waals surface area contributed by atoms with Crippen molar-refractivity contribution in [2.45, 2.75) is 47.9 Å². The number of benzene rings is 2. The lowest BCUT2D eigenvalue weighted by molar-refractivity contribution is 0.0746. The van der Waals surface area contributed by atoms with Gasteiger partial charge in [0.05, 0.1) is 14.5 Å². The number of piperazine rings is 1. The average molecular weight is 577 g/mol. The Balaban J connectivity index is 1.24. The maximum atomic E-state index is 13.1. The lowest BCUT2D eigenvalue weighted by Crippen LogP contribution is -2.48. The number of anilines is 1. The monoisotopic (exact) mass is 576 g/mol. The Kier molecular flexibility index (Phi) is 7.51. The highest BCUT2D eigenvalue weighted by Crippen LogP contribution is 2.33. The molecule has 0 unspecified atom stereocenters. The molecule has 9 nitrogen and oxygen atoms in total. The van der Waals surface area contributed by atoms with Gasteiger partial charge in [0.1, 0.15) is 5.52 Å². The van der Waals surface area contributed by atoms with E-state index < -0.39 is 19.9 Å². The molecule has 1 aliphatic heterocycles. The molecule has 0 bridgehead atoms. The quantitative estimate of drug-likeness (QED) is 0.441. The number of fused-ring (bicyclic) bond motifs is 1. The minimum absolute atomic E-state index is 0.0275. The van der Waals surface area contributed by atoms with E-state index in [2.05, 4.69) is 9.88 Å². The van der Waals surface area contributed by atoms with Gasteiger partial charge in [-0.15, -0.1) is 0 Å². The molecular weight excluding hydrogens is 545 g/mol. The summed E-state index contributed by atoms with van der Waals surface area (Å²) >= 11 is 1.44. The van der Waals surface area contributed by atoms with Gasteiger partial charge in [0.15, 0.2) is 15.0 Å². The number of thiazole rings is 1. The smallest absolute Gasteiger partial charge is 0.253 e. The molecule has 2 heterocycles. The predicted molar refractivity (Wildman–Crippen MR) is 149 cm³/mol. The van der Waals surface area contributed by atoms with E-state index in [1.54, 1.807) is 36.2 Å². The molecule has 204 valence electrons. The van der Waals surface area contributed by atoms with Crippen LogP contribution in [0.3, 0.4) is 0 Å². The van der Waals surface area contributed by atoms with E-state index in [0.717, 1.165) is 41.9 Å². The van der Waals surface area contributed by atoms with Gasteiger partial charge in [0.25, 0.3) is 5.91 Å². The van der Waals surface area contributed by atoms with Gasteiger partial charge in [0.2, 0.25) is 10.0 Å². The maximum absolute atomic E-state index is 13.1. The first-order chi connectivity index (χ1) is 18.1. The van der Waals surface area contributed by atoms with E-state index in [1.165, 1.54) is 34.0 Å². The van der Waals surface area contributed by atoms with Crippen molar-refractivity contribution in [2.24, 2.45) is 0 Å². The van der Waals surface area contributed by atoms with Crippen molar-refractivity contribution in [1.29, 1.82) is 0 Å². The van der Waals surface area contributed by atoms with Crippen LogP contribution in [0.2, 0.25) is 0 Å². The second-order valence-electron chi connectivity index (χ2n) is 9.99. The molecule has 1 saturated carbocycles. The number of carbonyl (C=O) groups is 1. The Morgan fingerprint density at radius 1 is 0.947 bits per heavy atom. The van der Waals surface area contributed by atoms with E-state index in [9.17, 15) is 21.6 Å². The normalized spacial score (nSPS) is 17.9. The zero-order valence-electron chi connectivity index (χ0n) is 21.5. The Bertz CT molecular complexity index is 1540. The highest BCUT2D eigenvalue weighted by atomic mass is 32.2. The fraction of sp³-hybridized carbons (Fsp3) is 0.462. The Morgan fingerprint density at radius 3 is 2.24 bits per heavy atom. The van der Waals surface area contributed by atoms with E-state index in [1.807, 2.05) is 6.07 Å². The van der Waals surface area contributed by atoms with Crippen LogP contribution in [0.15, 0.2) is 52.3 Å². The maximum Gasteiger partial charge on any atom is 0.253 e. The summed E-state index contributed by atoms with van der Waals surface area (Å²) < 4.78 is 52.8. The fourth-order valence-corrected chi connectivity index (χ4v) is 8.56. The van der Waals surface area contributed by atoms with Crippen molar-refractivity contribution in [3.8, 4) is 0 Å². The van der Waals surface area contributed by atoms with Crippen LogP contribution in [0.1, 0.15) is 42.5 Å². The van der Waals surface area contributed by atoms with E-state index in [-0.39, 0.29) is 21.7 Å². The van der Waals surface area contributed by atoms with Gasteiger partial charge in [-0.1, -0.05) is 36.7 Å². The van der Waals surface area contributed by atoms with Crippen LogP contribution >= 0.6 is 11.3 Å². The zero-order valence-corrected chi connectivity index (χ0v) is 24.0. The Hall–Kier alpha value is -2.54. The van der Waals surface area contributed by atoms with Gasteiger partial charge in [-0.05, 0) is 49.2 Å². The molecular formula is C26H32N4O5S3. The van der Waals surface area contributed by atoms with Crippen LogP contribution in [0, 0.1) is 0 Å². The second-order valence-corrected chi connectivity index (χ2v) is 15.0. The number of aromatic nitrogens is 1. The van der Waals surface area contributed by atoms with Crippen LogP contribution in [0.4, 0.5) is 5.13 Å². The SMILES string of the molecule is CN(C1CCCCC1)S(=O)(=O)c1ccc(C(=O)N2CCN(c3nc4c(S(C)(=O)=O)cccc4s3)CC2)cc1. The standard InChI is InChI=1S/C26H32N4O5S3/c1-28(20-7-4-3-5-8-20)38(34,35)21-13-11-19(12-14-21)25(31)29-15-17-30(18-16-29)26-27-24-22(36-26)9-6-10-23(24)37(2,32)33/h6,9-14,20H,3-5,7-8,15-18H2,1-2H3. The van der Waals surface area contributed by atoms with Gasteiger partial charge < -0.3 is 9.80 Å². The van der Waals surface area contributed by atoms with E-state index in [0.29, 0.717) is 37.3 Å². The summed E-state index contributed by atoms with van der Waals surface area (Å²) in [5.41, 5.74) is 0.938. The van der Waals surface area contributed by atoms with Crippen molar-refractivity contribution < 1.29 is 21.6 Å². The minimum atomic E-state index is -3.61. The molecule has 3 aromatic rings. The van der Waals surface area contributed by atoms with Gasteiger partial charge in [-0.2, -0.15) is 4.31 Å². The molecule has 0 atom stereocenters. The number of sulfonamides is 1. The summed E-state index contributed by atoms with van der Waals surface area (Å²) in [6.07, 6.45) is 6.20. The molecule has 2 fully saturated rings. The van der Waals surface area contributed by atoms with Gasteiger partial charge in [0, 0.05) is 51.1 Å². The summed E-state index contributed by atoms with van der Waals surface area (Å²) in [7, 11) is -5.35. The summed E-state index contributed by atoms with van der Waals surface area (Å²) in [5.74, 6) is -0.141. The number of nitrogens with zero attached hydrogens (tertiary/aromatic N) is 4. The third-order valence-electron chi connectivity index (χ3n) is 7.47. The second kappa shape index (κ2) is 10.6. The number of hydrogen-bond donors (Lipinski definition) is 0. The Labute approximate surface area is 228 Å². The molecule has 1 amide bonds. The molecule has 2 aliphatic rings. The number of para-hydroxylation sites is 1. The fourth-order valence-electron chi connectivity index (χ4n) is 5.21. The first-order valence-corrected chi connectivity index (χ1v) is 16.9. The average Bonchev–Trinajstić information content (AvgIpc) is 3.37. The first-order valence-electron chi connectivity index (χ1n) is 12.8. The molecule has 5 rings (SSSR count). The van der Waals surface area contributed by atoms with Crippen LogP contribution < -0.4 is 4.90 Å². The van der Waals surface area contributed by atoms with Crippen molar-refractivity contribution in [1.82, 2.24) is 14.2 Å². The lowest BCUT2D eigenvalue weighted by atomic mass is 9.96. The van der Waals surface area contributed by atoms with Gasteiger partial charge in [-0.25, -0.2) is 21.8 Å². The van der Waals surface area contributed by atoms with Gasteiger partial charge in [-0.3, -0.25) is 4.79 Å². The summed E-state index contributed by atoms with van der Waals surface area (Å²) in [6, 6.07) is 11.4. The van der Waals surface area contributed by atoms with Crippen LogP contribution in [0.25, 0.3) is 10.2 Å². The Morgan fingerprint density at radius 2 is 1.61 bits per heavy atom. The van der Waals surface area contributed by atoms with Gasteiger partial charge >= 0.3 is 0 Å². The predicted octanol–water partition coefficient (Wildman–Crippen LogP) is 3.62. The lowest BCUT2D eigenvalue weighted by Gasteiger charge is -2.34. The van der Waals surface area contributed by atoms with Crippen LogP contribution in [0.5, 0.6) is 0 Å². The van der Waals surface area contributed by atoms with Crippen LogP contribution in [-0.2, 0) is 19.9 Å². The largest absolute Gasteiger partial charge is 0.345 e. The van der Waals surface area contributed by atoms with E-state index >= 15 is 0 Å². The molecule has 1 saturated heterocycles. The van der Waals surface area contributed by atoms with Crippen molar-refractivity contribution in [2.75, 3.05) is 44.4 Å². The summed E-state index contributed by atoms with van der Waals surface area (Å²) in [6.45, 7) is 2.10. The first kappa shape index (κ1) is 27.0. The number of carbonyl (C=O) groups excluding carboxylic acids is 1. The van der Waals surface area contributed by atoms with E-state index in [4.69, 9.17) is 0 Å². The molecule has 0 spiro atoms. The molecule has 0 N–H and O–H groups in total. The minimum Gasteiger partial charge on any atom is -0.345 e. The molecule has 2 aromatic carbocycles. The molecule has 1 aliphatic carbocycles. The zero-order chi connectivity index (χ0) is 27.1. The molecule has 12 heteroatoms. The third-order valence-corrected chi connectivity index (χ3v) is 11.6. The number of hydrogen-bond acceptors (Lipinski definition) is 8. The number of amides is 1. The summed E-state index contributed by atoms with van der Waals surface area (Å²) in [5, 5.41) is 0.736. The highest BCUT2D eigenvalue weighted by Gasteiger charge is 2.30. The highest BCUT2D eigenvalue weighted by molar-refractivity contribution is 7.91. The van der Waals surface area contributed by atoms with Crippen LogP contribution in [-0.4, -0.2) is 82.5 Å². The molecule has 38 heavy (non-hydrogen) atoms. The number of rotatable bonds is 6. The molecule has 1 aromatic heterocycles. The third kappa shape index (κ3) is 5.31. The topological polar surface area (TPSA) is 108 Å². The van der Waals surface area contributed by atoms with Crippen molar-refractivity contribution in [3.05, 3.63) is 48.0 Å². The van der Waals surface area contributed by atoms with Crippen molar-refractivity contribution in [3.63, 3.8) is 0 Å². The summed E-state index contributed by atoms with van der Waals surface area (Å²) in [4.78, 5) is 22.0. The van der Waals surface area contributed by atoms with Crippen molar-refractivity contribution >= 4 is 52.5 Å². The number of sulfone groups is 1.